The Morgan fingerprint density at radius 2 is 2.03 bits per heavy atom. The number of fused-ring (bicyclic) bond motifs is 1. The van der Waals surface area contributed by atoms with E-state index in [0.29, 0.717) is 32.8 Å². The minimum atomic E-state index is -0.171. The summed E-state index contributed by atoms with van der Waals surface area (Å²) in [5.41, 5.74) is 0.884. The number of carbonyl (C=O) groups is 1. The first-order valence-electron chi connectivity index (χ1n) is 10.7. The fourth-order valence-corrected chi connectivity index (χ4v) is 5.60. The quantitative estimate of drug-likeness (QED) is 0.517. The van der Waals surface area contributed by atoms with Crippen molar-refractivity contribution >= 4 is 51.7 Å². The molecule has 3 saturated heterocycles. The van der Waals surface area contributed by atoms with Crippen LogP contribution in [-0.2, 0) is 9.53 Å². The summed E-state index contributed by atoms with van der Waals surface area (Å²) in [6.07, 6.45) is 8.69. The zero-order valence-electron chi connectivity index (χ0n) is 17.2. The van der Waals surface area contributed by atoms with Crippen molar-refractivity contribution in [2.75, 3.05) is 31.1 Å². The molecule has 5 heterocycles. The zero-order chi connectivity index (χ0) is 21.4. The summed E-state index contributed by atoms with van der Waals surface area (Å²) in [7, 11) is 0. The molecule has 3 aliphatic heterocycles. The van der Waals surface area contributed by atoms with Crippen molar-refractivity contribution in [1.29, 1.82) is 0 Å². The summed E-state index contributed by atoms with van der Waals surface area (Å²) in [6, 6.07) is 5.51. The Hall–Kier alpha value is -2.23. The minimum absolute atomic E-state index is 0.0266. The second-order valence-corrected chi connectivity index (χ2v) is 9.73. The lowest BCUT2D eigenvalue weighted by Gasteiger charge is -2.29. The first-order chi connectivity index (χ1) is 15.1. The van der Waals surface area contributed by atoms with Gasteiger partial charge in [0.25, 0.3) is 11.5 Å². The van der Waals surface area contributed by atoms with E-state index in [2.05, 4.69) is 4.90 Å². The average Bonchev–Trinajstić information content (AvgIpc) is 3.40. The Morgan fingerprint density at radius 1 is 1.19 bits per heavy atom. The molecule has 0 spiro atoms. The number of ether oxygens (including phenoxy) is 1. The van der Waals surface area contributed by atoms with E-state index in [-0.39, 0.29) is 17.6 Å². The summed E-state index contributed by atoms with van der Waals surface area (Å²) in [6.45, 7) is 2.91. The molecule has 162 valence electrons. The predicted octanol–water partition coefficient (Wildman–Crippen LogP) is 3.07. The average molecular weight is 457 g/mol. The van der Waals surface area contributed by atoms with Gasteiger partial charge in [0.05, 0.1) is 23.1 Å². The summed E-state index contributed by atoms with van der Waals surface area (Å²) < 4.78 is 7.73. The van der Waals surface area contributed by atoms with E-state index in [1.54, 1.807) is 17.2 Å². The molecule has 31 heavy (non-hydrogen) atoms. The fraction of sp³-hybridized carbons (Fsp3) is 0.455. The normalized spacial score (nSPS) is 23.5. The number of aromatic nitrogens is 2. The SMILES string of the molecule is O=C1/C(=C/c2c(N3CCCCC3)nc3ccccn3c2=O)SC(=S)N1C[C@@H]1CCCO1. The van der Waals surface area contributed by atoms with Gasteiger partial charge in [0.1, 0.15) is 15.8 Å². The number of piperidine rings is 1. The Bertz CT molecular complexity index is 1120. The molecule has 0 aromatic carbocycles. The second kappa shape index (κ2) is 8.72. The first kappa shape index (κ1) is 20.7. The number of carbonyl (C=O) groups excluding carboxylic acids is 1. The Balaban J connectivity index is 1.55. The Labute approximate surface area is 190 Å². The van der Waals surface area contributed by atoms with Crippen LogP contribution in [0.2, 0.25) is 0 Å². The van der Waals surface area contributed by atoms with Crippen molar-refractivity contribution in [2.45, 2.75) is 38.2 Å². The van der Waals surface area contributed by atoms with Crippen molar-refractivity contribution in [3.63, 3.8) is 0 Å². The van der Waals surface area contributed by atoms with Crippen LogP contribution in [0, 0.1) is 0 Å². The van der Waals surface area contributed by atoms with Gasteiger partial charge in [-0.05, 0) is 50.3 Å². The summed E-state index contributed by atoms with van der Waals surface area (Å²) in [5, 5.41) is 0. The molecule has 1 amide bonds. The Kier molecular flexibility index (Phi) is 5.81. The van der Waals surface area contributed by atoms with Crippen LogP contribution in [0.25, 0.3) is 11.7 Å². The highest BCUT2D eigenvalue weighted by Gasteiger charge is 2.35. The zero-order valence-corrected chi connectivity index (χ0v) is 18.8. The minimum Gasteiger partial charge on any atom is -0.376 e. The van der Waals surface area contributed by atoms with Gasteiger partial charge in [-0.1, -0.05) is 30.0 Å². The van der Waals surface area contributed by atoms with E-state index >= 15 is 0 Å². The van der Waals surface area contributed by atoms with E-state index < -0.39 is 0 Å². The predicted molar refractivity (Wildman–Crippen MR) is 126 cm³/mol. The van der Waals surface area contributed by atoms with E-state index in [1.165, 1.54) is 22.6 Å². The number of thioether (sulfide) groups is 1. The standard InChI is InChI=1S/C22H24N4O3S2/c27-20-16(13-17-21(28)26(22(30)31-17)14-15-7-6-12-29-15)19(24-9-3-1-4-10-24)23-18-8-2-5-11-25(18)20/h2,5,8,11,13,15H,1,3-4,6-7,9-10,12,14H2/b17-13-/t15-/m0/s1. The molecular formula is C22H24N4O3S2. The van der Waals surface area contributed by atoms with Crippen LogP contribution < -0.4 is 10.5 Å². The molecule has 7 nitrogen and oxygen atoms in total. The van der Waals surface area contributed by atoms with Crippen LogP contribution in [0.15, 0.2) is 34.1 Å². The van der Waals surface area contributed by atoms with Crippen molar-refractivity contribution in [2.24, 2.45) is 0 Å². The van der Waals surface area contributed by atoms with E-state index in [1.807, 2.05) is 18.2 Å². The van der Waals surface area contributed by atoms with Gasteiger partial charge in [-0.2, -0.15) is 0 Å². The molecule has 0 bridgehead atoms. The van der Waals surface area contributed by atoms with Gasteiger partial charge in [0.2, 0.25) is 0 Å². The first-order valence-corrected chi connectivity index (χ1v) is 12.0. The van der Waals surface area contributed by atoms with Gasteiger partial charge in [0, 0.05) is 25.9 Å². The lowest BCUT2D eigenvalue weighted by Crippen LogP contribution is -2.35. The molecule has 3 aliphatic rings. The van der Waals surface area contributed by atoms with Crippen molar-refractivity contribution < 1.29 is 9.53 Å². The molecule has 3 fully saturated rings. The van der Waals surface area contributed by atoms with E-state index in [4.69, 9.17) is 21.9 Å². The molecule has 2 aromatic heterocycles. The molecule has 0 aliphatic carbocycles. The van der Waals surface area contributed by atoms with Gasteiger partial charge in [0.15, 0.2) is 0 Å². The monoisotopic (exact) mass is 456 g/mol. The smallest absolute Gasteiger partial charge is 0.267 e. The largest absolute Gasteiger partial charge is 0.376 e. The fourth-order valence-electron chi connectivity index (χ4n) is 4.34. The van der Waals surface area contributed by atoms with Gasteiger partial charge in [-0.15, -0.1) is 0 Å². The van der Waals surface area contributed by atoms with Gasteiger partial charge < -0.3 is 9.64 Å². The lowest BCUT2D eigenvalue weighted by molar-refractivity contribution is -0.123. The maximum atomic E-state index is 13.4. The molecule has 1 atom stereocenters. The lowest BCUT2D eigenvalue weighted by atomic mass is 10.1. The van der Waals surface area contributed by atoms with Crippen molar-refractivity contribution in [3.8, 4) is 0 Å². The number of anilines is 1. The second-order valence-electron chi connectivity index (χ2n) is 8.06. The van der Waals surface area contributed by atoms with Crippen LogP contribution in [-0.4, -0.2) is 56.9 Å². The molecule has 2 aromatic rings. The number of amides is 1. The van der Waals surface area contributed by atoms with Crippen LogP contribution in [0.4, 0.5) is 5.82 Å². The van der Waals surface area contributed by atoms with Crippen LogP contribution in [0.5, 0.6) is 0 Å². The summed E-state index contributed by atoms with van der Waals surface area (Å²) in [4.78, 5) is 35.6. The third-order valence-electron chi connectivity index (χ3n) is 5.96. The number of thiocarbonyl (C=S) groups is 1. The van der Waals surface area contributed by atoms with Crippen LogP contribution in [0.3, 0.4) is 0 Å². The third kappa shape index (κ3) is 4.02. The van der Waals surface area contributed by atoms with E-state index in [0.717, 1.165) is 45.4 Å². The maximum absolute atomic E-state index is 13.4. The third-order valence-corrected chi connectivity index (χ3v) is 7.34. The van der Waals surface area contributed by atoms with E-state index in [9.17, 15) is 9.59 Å². The van der Waals surface area contributed by atoms with Crippen LogP contribution >= 0.6 is 24.0 Å². The van der Waals surface area contributed by atoms with Gasteiger partial charge in [-0.3, -0.25) is 18.9 Å². The number of rotatable bonds is 4. The highest BCUT2D eigenvalue weighted by molar-refractivity contribution is 8.26. The van der Waals surface area contributed by atoms with Crippen LogP contribution in [0.1, 0.15) is 37.7 Å². The van der Waals surface area contributed by atoms with Crippen molar-refractivity contribution in [3.05, 3.63) is 45.2 Å². The maximum Gasteiger partial charge on any atom is 0.267 e. The Morgan fingerprint density at radius 3 is 2.81 bits per heavy atom. The summed E-state index contributed by atoms with van der Waals surface area (Å²) in [5.74, 6) is 0.493. The number of pyridine rings is 1. The number of hydrogen-bond donors (Lipinski definition) is 0. The highest BCUT2D eigenvalue weighted by atomic mass is 32.2. The van der Waals surface area contributed by atoms with Gasteiger partial charge >= 0.3 is 0 Å². The topological polar surface area (TPSA) is 67.2 Å². The number of nitrogens with zero attached hydrogens (tertiary/aromatic N) is 4. The van der Waals surface area contributed by atoms with Crippen molar-refractivity contribution in [1.82, 2.24) is 14.3 Å². The molecular weight excluding hydrogens is 432 g/mol. The molecule has 5 rings (SSSR count). The molecule has 0 N–H and O–H groups in total. The molecule has 0 unspecified atom stereocenters. The summed E-state index contributed by atoms with van der Waals surface area (Å²) >= 11 is 6.72. The van der Waals surface area contributed by atoms with Gasteiger partial charge in [-0.25, -0.2) is 4.98 Å². The molecule has 0 radical (unpaired) electrons. The number of hydrogen-bond acceptors (Lipinski definition) is 7. The molecule has 0 saturated carbocycles. The highest BCUT2D eigenvalue weighted by Crippen LogP contribution is 2.34. The molecule has 9 heteroatoms.